The number of hydrogen-bond acceptors (Lipinski definition) is 1. The molecule has 0 aliphatic heterocycles. The first-order valence-corrected chi connectivity index (χ1v) is 4.48. The van der Waals surface area contributed by atoms with E-state index in [2.05, 4.69) is 19.1 Å². The van der Waals surface area contributed by atoms with E-state index in [0.717, 1.165) is 25.3 Å². The van der Waals surface area contributed by atoms with Crippen molar-refractivity contribution in [1.29, 1.82) is 0 Å². The van der Waals surface area contributed by atoms with Gasteiger partial charge in [-0.2, -0.15) is 0 Å². The molecule has 2 nitrogen and oxygen atoms in total. The van der Waals surface area contributed by atoms with Crippen molar-refractivity contribution in [1.82, 2.24) is 0 Å². The van der Waals surface area contributed by atoms with Crippen molar-refractivity contribution >= 4 is 5.97 Å². The highest BCUT2D eigenvalue weighted by molar-refractivity contribution is 5.80. The first-order valence-electron chi connectivity index (χ1n) is 4.48. The van der Waals surface area contributed by atoms with Gasteiger partial charge in [0.2, 0.25) is 0 Å². The molecule has 0 rings (SSSR count). The molecule has 0 aliphatic rings. The Morgan fingerprint density at radius 2 is 1.85 bits per heavy atom. The third kappa shape index (κ3) is 10.7. The molecule has 0 amide bonds. The maximum Gasteiger partial charge on any atom is 0.328 e. The van der Waals surface area contributed by atoms with Gasteiger partial charge in [0.1, 0.15) is 0 Å². The summed E-state index contributed by atoms with van der Waals surface area (Å²) >= 11 is 0. The molecule has 0 saturated carbocycles. The van der Waals surface area contributed by atoms with Crippen LogP contribution in [0.25, 0.3) is 0 Å². The number of allylic oxidation sites excluding steroid dienone is 5. The van der Waals surface area contributed by atoms with Crippen LogP contribution in [0.3, 0.4) is 0 Å². The molecule has 0 bridgehead atoms. The summed E-state index contributed by atoms with van der Waals surface area (Å²) in [5, 5.41) is 8.25. The number of carbonyl (C=O) groups is 1. The van der Waals surface area contributed by atoms with Gasteiger partial charge in [-0.25, -0.2) is 4.79 Å². The average Bonchev–Trinajstić information content (AvgIpc) is 2.09. The molecule has 0 heterocycles. The van der Waals surface area contributed by atoms with E-state index in [1.54, 1.807) is 6.08 Å². The lowest BCUT2D eigenvalue weighted by Gasteiger charge is -1.84. The Labute approximate surface area is 79.3 Å². The highest BCUT2D eigenvalue weighted by atomic mass is 16.4. The molecule has 0 fully saturated rings. The van der Waals surface area contributed by atoms with Crippen molar-refractivity contribution in [2.75, 3.05) is 0 Å². The second-order valence-corrected chi connectivity index (χ2v) is 2.58. The Morgan fingerprint density at radius 1 is 1.15 bits per heavy atom. The number of carboxylic acids is 1. The quantitative estimate of drug-likeness (QED) is 0.295. The molecule has 0 aromatic carbocycles. The largest absolute Gasteiger partial charge is 0.478 e. The molecule has 13 heavy (non-hydrogen) atoms. The molecular formula is C11H16O2. The molecule has 0 aliphatic carbocycles. The summed E-state index contributed by atoms with van der Waals surface area (Å²) in [6, 6.07) is 0. The summed E-state index contributed by atoms with van der Waals surface area (Å²) < 4.78 is 0. The van der Waals surface area contributed by atoms with Gasteiger partial charge < -0.3 is 5.11 Å². The molecule has 2 heteroatoms. The summed E-state index contributed by atoms with van der Waals surface area (Å²) in [6.45, 7) is 2.10. The zero-order chi connectivity index (χ0) is 9.94. The van der Waals surface area contributed by atoms with Crippen LogP contribution in [0.1, 0.15) is 26.2 Å². The van der Waals surface area contributed by atoms with Crippen LogP contribution in [0, 0.1) is 0 Å². The van der Waals surface area contributed by atoms with Gasteiger partial charge in [-0.3, -0.25) is 0 Å². The van der Waals surface area contributed by atoms with Crippen LogP contribution < -0.4 is 0 Å². The van der Waals surface area contributed by atoms with E-state index in [9.17, 15) is 4.79 Å². The van der Waals surface area contributed by atoms with Crippen molar-refractivity contribution in [3.63, 3.8) is 0 Å². The highest BCUT2D eigenvalue weighted by Crippen LogP contribution is 1.94. The van der Waals surface area contributed by atoms with E-state index in [0.29, 0.717) is 0 Å². The summed E-state index contributed by atoms with van der Waals surface area (Å²) in [5.74, 6) is -0.907. The summed E-state index contributed by atoms with van der Waals surface area (Å²) in [5.41, 5.74) is 0. The summed E-state index contributed by atoms with van der Waals surface area (Å²) in [7, 11) is 0. The maximum atomic E-state index is 10.0. The van der Waals surface area contributed by atoms with E-state index in [1.165, 1.54) is 6.08 Å². The zero-order valence-corrected chi connectivity index (χ0v) is 7.94. The Bertz CT molecular complexity index is 212. The smallest absolute Gasteiger partial charge is 0.328 e. The van der Waals surface area contributed by atoms with Gasteiger partial charge >= 0.3 is 5.97 Å². The van der Waals surface area contributed by atoms with E-state index < -0.39 is 5.97 Å². The van der Waals surface area contributed by atoms with Crippen molar-refractivity contribution < 1.29 is 9.90 Å². The fraction of sp³-hybridized carbons (Fsp3) is 0.364. The molecule has 72 valence electrons. The fourth-order valence-electron chi connectivity index (χ4n) is 0.790. The number of rotatable bonds is 6. The van der Waals surface area contributed by atoms with E-state index in [-0.39, 0.29) is 0 Å². The van der Waals surface area contributed by atoms with Crippen LogP contribution in [0.15, 0.2) is 36.5 Å². The van der Waals surface area contributed by atoms with Gasteiger partial charge in [-0.1, -0.05) is 37.3 Å². The van der Waals surface area contributed by atoms with Crippen molar-refractivity contribution in [3.05, 3.63) is 36.5 Å². The number of hydrogen-bond donors (Lipinski definition) is 1. The van der Waals surface area contributed by atoms with E-state index in [4.69, 9.17) is 5.11 Å². The zero-order valence-electron chi connectivity index (χ0n) is 7.94. The van der Waals surface area contributed by atoms with Gasteiger partial charge in [-0.05, 0) is 19.3 Å². The lowest BCUT2D eigenvalue weighted by Crippen LogP contribution is -1.84. The Balaban J connectivity index is 3.42. The third-order valence-electron chi connectivity index (χ3n) is 1.39. The molecule has 1 N–H and O–H groups in total. The minimum atomic E-state index is -0.907. The normalized spacial score (nSPS) is 12.1. The first kappa shape index (κ1) is 11.7. The van der Waals surface area contributed by atoms with Gasteiger partial charge in [0.25, 0.3) is 0 Å². The molecule has 0 aromatic heterocycles. The minimum absolute atomic E-state index is 0.907. The molecule has 0 unspecified atom stereocenters. The molecule has 0 aromatic rings. The first-order chi connectivity index (χ1) is 6.27. The second kappa shape index (κ2) is 8.78. The van der Waals surface area contributed by atoms with Crippen molar-refractivity contribution in [2.45, 2.75) is 26.2 Å². The van der Waals surface area contributed by atoms with Crippen LogP contribution in [0.2, 0.25) is 0 Å². The summed E-state index contributed by atoms with van der Waals surface area (Å²) in [6.07, 6.45) is 13.7. The molecule has 0 spiro atoms. The predicted octanol–water partition coefficient (Wildman–Crippen LogP) is 2.93. The molecular weight excluding hydrogens is 164 g/mol. The van der Waals surface area contributed by atoms with Crippen molar-refractivity contribution in [3.8, 4) is 0 Å². The van der Waals surface area contributed by atoms with Crippen LogP contribution >= 0.6 is 0 Å². The van der Waals surface area contributed by atoms with Gasteiger partial charge in [0, 0.05) is 6.08 Å². The fourth-order valence-corrected chi connectivity index (χ4v) is 0.790. The lowest BCUT2D eigenvalue weighted by atomic mass is 10.2. The SMILES string of the molecule is CCC=CCCC=CC=CC(=O)O. The topological polar surface area (TPSA) is 37.3 Å². The predicted molar refractivity (Wildman–Crippen MR) is 54.6 cm³/mol. The Hall–Kier alpha value is -1.31. The Kier molecular flexibility index (Phi) is 7.90. The van der Waals surface area contributed by atoms with Crippen molar-refractivity contribution in [2.24, 2.45) is 0 Å². The number of aliphatic carboxylic acids is 1. The van der Waals surface area contributed by atoms with Crippen LogP contribution in [0.5, 0.6) is 0 Å². The second-order valence-electron chi connectivity index (χ2n) is 2.58. The third-order valence-corrected chi connectivity index (χ3v) is 1.39. The highest BCUT2D eigenvalue weighted by Gasteiger charge is 1.80. The average molecular weight is 180 g/mol. The lowest BCUT2D eigenvalue weighted by molar-refractivity contribution is -0.131. The van der Waals surface area contributed by atoms with E-state index >= 15 is 0 Å². The van der Waals surface area contributed by atoms with Gasteiger partial charge in [0.15, 0.2) is 0 Å². The monoisotopic (exact) mass is 180 g/mol. The van der Waals surface area contributed by atoms with Crippen LogP contribution in [-0.2, 0) is 4.79 Å². The molecule has 0 saturated heterocycles. The number of carboxylic acid groups (broad SMARTS) is 1. The number of unbranched alkanes of at least 4 members (excludes halogenated alkanes) is 1. The minimum Gasteiger partial charge on any atom is -0.478 e. The molecule has 0 radical (unpaired) electrons. The summed E-state index contributed by atoms with van der Waals surface area (Å²) in [4.78, 5) is 10.0. The maximum absolute atomic E-state index is 10.0. The van der Waals surface area contributed by atoms with Gasteiger partial charge in [-0.15, -0.1) is 0 Å². The van der Waals surface area contributed by atoms with Crippen LogP contribution in [0.4, 0.5) is 0 Å². The Morgan fingerprint density at radius 3 is 2.46 bits per heavy atom. The standard InChI is InChI=1S/C11H16O2/c1-2-3-4-5-6-7-8-9-10-11(12)13/h3-4,7-10H,2,5-6H2,1H3,(H,12,13). The van der Waals surface area contributed by atoms with Crippen LogP contribution in [-0.4, -0.2) is 11.1 Å². The van der Waals surface area contributed by atoms with Gasteiger partial charge in [0.05, 0.1) is 0 Å². The van der Waals surface area contributed by atoms with E-state index in [1.807, 2.05) is 6.08 Å². The molecule has 0 atom stereocenters.